The average molecular weight is 230 g/mol. The Bertz CT molecular complexity index is 491. The first kappa shape index (κ1) is 12.2. The van der Waals surface area contributed by atoms with Crippen LogP contribution in [0.3, 0.4) is 0 Å². The zero-order chi connectivity index (χ0) is 12.6. The van der Waals surface area contributed by atoms with Crippen LogP contribution in [-0.4, -0.2) is 10.1 Å². The summed E-state index contributed by atoms with van der Waals surface area (Å²) in [6, 6.07) is 8.59. The van der Waals surface area contributed by atoms with Crippen LogP contribution in [0.4, 0.5) is 0 Å². The van der Waals surface area contributed by atoms with Gasteiger partial charge in [-0.3, -0.25) is 0 Å². The number of aryl methyl sites for hydroxylation is 2. The quantitative estimate of drug-likeness (QED) is 0.837. The zero-order valence-corrected chi connectivity index (χ0v) is 11.5. The van der Waals surface area contributed by atoms with Gasteiger partial charge in [-0.25, -0.2) is 0 Å². The molecule has 0 aliphatic carbocycles. The molecule has 2 nitrogen and oxygen atoms in total. The van der Waals surface area contributed by atoms with Gasteiger partial charge >= 0.3 is 0 Å². The normalized spacial score (nSPS) is 12.3. The molecule has 0 amide bonds. The Morgan fingerprint density at radius 3 is 2.41 bits per heavy atom. The van der Waals surface area contributed by atoms with Crippen LogP contribution in [0.2, 0.25) is 0 Å². The Hall–Kier alpha value is -1.28. The van der Waals surface area contributed by atoms with Crippen LogP contribution in [-0.2, 0) is 13.6 Å². The number of para-hydroxylation sites is 1. The number of hydrogen-bond acceptors (Lipinski definition) is 1. The summed E-state index contributed by atoms with van der Waals surface area (Å²) in [6.45, 7) is 9.73. The summed E-state index contributed by atoms with van der Waals surface area (Å²) in [5, 5.41) is 4.92. The van der Waals surface area contributed by atoms with Crippen molar-refractivity contribution in [1.29, 1.82) is 0 Å². The molecule has 0 saturated carbocycles. The van der Waals surface area contributed by atoms with E-state index < -0.39 is 0 Å². The van der Waals surface area contributed by atoms with Crippen LogP contribution in [0.25, 0.3) is 10.9 Å². The second-order valence-corrected chi connectivity index (χ2v) is 5.75. The molecule has 0 aliphatic heterocycles. The third-order valence-electron chi connectivity index (χ3n) is 3.29. The van der Waals surface area contributed by atoms with Gasteiger partial charge in [0.2, 0.25) is 0 Å². The molecule has 0 atom stereocenters. The number of fused-ring (bicyclic) bond motifs is 1. The molecule has 0 aliphatic rings. The minimum absolute atomic E-state index is 0.156. The minimum Gasteiger partial charge on any atom is -0.346 e. The van der Waals surface area contributed by atoms with Crippen LogP contribution in [0.15, 0.2) is 24.3 Å². The maximum atomic E-state index is 3.56. The van der Waals surface area contributed by atoms with Crippen molar-refractivity contribution in [2.75, 3.05) is 0 Å². The third kappa shape index (κ3) is 2.37. The molecule has 1 heterocycles. The lowest BCUT2D eigenvalue weighted by molar-refractivity contribution is 0.418. The molecule has 1 aromatic carbocycles. The fourth-order valence-electron chi connectivity index (χ4n) is 2.24. The van der Waals surface area contributed by atoms with Gasteiger partial charge in [-0.1, -0.05) is 18.2 Å². The van der Waals surface area contributed by atoms with E-state index in [1.165, 1.54) is 22.2 Å². The summed E-state index contributed by atoms with van der Waals surface area (Å²) in [5.41, 5.74) is 4.24. The Morgan fingerprint density at radius 1 is 1.18 bits per heavy atom. The zero-order valence-electron chi connectivity index (χ0n) is 11.5. The molecule has 2 rings (SSSR count). The molecule has 1 N–H and O–H groups in total. The van der Waals surface area contributed by atoms with Gasteiger partial charge in [-0.15, -0.1) is 0 Å². The Kier molecular flexibility index (Phi) is 3.00. The number of hydrogen-bond donors (Lipinski definition) is 1. The summed E-state index contributed by atoms with van der Waals surface area (Å²) >= 11 is 0. The highest BCUT2D eigenvalue weighted by Gasteiger charge is 2.14. The van der Waals surface area contributed by atoms with E-state index in [2.05, 4.69) is 68.9 Å². The second kappa shape index (κ2) is 4.19. The van der Waals surface area contributed by atoms with Gasteiger partial charge in [0.15, 0.2) is 0 Å². The van der Waals surface area contributed by atoms with Gasteiger partial charge < -0.3 is 9.88 Å². The lowest BCUT2D eigenvalue weighted by atomic mass is 10.1. The maximum Gasteiger partial charge on any atom is 0.0483 e. The third-order valence-corrected chi connectivity index (χ3v) is 3.29. The van der Waals surface area contributed by atoms with E-state index in [-0.39, 0.29) is 5.54 Å². The standard InChI is InChI=1S/C15H22N2/c1-11-12-8-6-7-9-13(12)17(5)14(11)10-16-15(2,3)4/h6-9,16H,10H2,1-5H3. The van der Waals surface area contributed by atoms with Gasteiger partial charge in [-0.2, -0.15) is 0 Å². The maximum absolute atomic E-state index is 3.56. The molecule has 2 heteroatoms. The van der Waals surface area contributed by atoms with E-state index in [0.29, 0.717) is 0 Å². The molecule has 92 valence electrons. The van der Waals surface area contributed by atoms with Gasteiger partial charge in [0.05, 0.1) is 0 Å². The van der Waals surface area contributed by atoms with Crippen LogP contribution in [0, 0.1) is 6.92 Å². The largest absolute Gasteiger partial charge is 0.346 e. The average Bonchev–Trinajstić information content (AvgIpc) is 2.49. The molecule has 0 saturated heterocycles. The van der Waals surface area contributed by atoms with E-state index in [4.69, 9.17) is 0 Å². The number of nitrogens with zero attached hydrogens (tertiary/aromatic N) is 1. The predicted octanol–water partition coefficient (Wildman–Crippen LogP) is 3.37. The molecule has 17 heavy (non-hydrogen) atoms. The van der Waals surface area contributed by atoms with E-state index in [9.17, 15) is 0 Å². The molecule has 0 fully saturated rings. The van der Waals surface area contributed by atoms with Crippen molar-refractivity contribution < 1.29 is 0 Å². The Balaban J connectivity index is 2.41. The van der Waals surface area contributed by atoms with Gasteiger partial charge in [0, 0.05) is 35.7 Å². The van der Waals surface area contributed by atoms with Crippen molar-refractivity contribution in [2.24, 2.45) is 7.05 Å². The lowest BCUT2D eigenvalue weighted by Crippen LogP contribution is -2.35. The topological polar surface area (TPSA) is 17.0 Å². The lowest BCUT2D eigenvalue weighted by Gasteiger charge is -2.21. The molecule has 0 spiro atoms. The first-order valence-electron chi connectivity index (χ1n) is 6.18. The second-order valence-electron chi connectivity index (χ2n) is 5.75. The van der Waals surface area contributed by atoms with Gasteiger partial charge in [0.1, 0.15) is 0 Å². The van der Waals surface area contributed by atoms with Crippen molar-refractivity contribution in [3.63, 3.8) is 0 Å². The Morgan fingerprint density at radius 2 is 1.82 bits per heavy atom. The monoisotopic (exact) mass is 230 g/mol. The fourth-order valence-corrected chi connectivity index (χ4v) is 2.24. The van der Waals surface area contributed by atoms with Crippen LogP contribution < -0.4 is 5.32 Å². The number of rotatable bonds is 2. The summed E-state index contributed by atoms with van der Waals surface area (Å²) in [5.74, 6) is 0. The molecule has 0 radical (unpaired) electrons. The van der Waals surface area contributed by atoms with Gasteiger partial charge in [0.25, 0.3) is 0 Å². The minimum atomic E-state index is 0.156. The smallest absolute Gasteiger partial charge is 0.0483 e. The molecular formula is C15H22N2. The van der Waals surface area contributed by atoms with Crippen LogP contribution >= 0.6 is 0 Å². The van der Waals surface area contributed by atoms with E-state index in [1.807, 2.05) is 0 Å². The first-order chi connectivity index (χ1) is 7.90. The SMILES string of the molecule is Cc1c(CNC(C)(C)C)n(C)c2ccccc12. The fraction of sp³-hybridized carbons (Fsp3) is 0.467. The van der Waals surface area contributed by atoms with Crippen LogP contribution in [0.5, 0.6) is 0 Å². The molecule has 0 bridgehead atoms. The summed E-state index contributed by atoms with van der Waals surface area (Å²) in [6.07, 6.45) is 0. The summed E-state index contributed by atoms with van der Waals surface area (Å²) < 4.78 is 2.30. The van der Waals surface area contributed by atoms with Crippen molar-refractivity contribution in [2.45, 2.75) is 39.8 Å². The first-order valence-corrected chi connectivity index (χ1v) is 6.18. The summed E-state index contributed by atoms with van der Waals surface area (Å²) in [7, 11) is 2.15. The molecule has 2 aromatic rings. The number of aromatic nitrogens is 1. The van der Waals surface area contributed by atoms with E-state index >= 15 is 0 Å². The van der Waals surface area contributed by atoms with E-state index in [0.717, 1.165) is 6.54 Å². The van der Waals surface area contributed by atoms with Crippen molar-refractivity contribution in [3.8, 4) is 0 Å². The highest BCUT2D eigenvalue weighted by Crippen LogP contribution is 2.24. The highest BCUT2D eigenvalue weighted by molar-refractivity contribution is 5.85. The van der Waals surface area contributed by atoms with Crippen LogP contribution in [0.1, 0.15) is 32.0 Å². The number of benzene rings is 1. The Labute approximate surface area is 104 Å². The van der Waals surface area contributed by atoms with Crippen molar-refractivity contribution >= 4 is 10.9 Å². The number of nitrogens with one attached hydrogen (secondary N) is 1. The molecule has 1 aromatic heterocycles. The van der Waals surface area contributed by atoms with Crippen molar-refractivity contribution in [1.82, 2.24) is 9.88 Å². The molecular weight excluding hydrogens is 208 g/mol. The highest BCUT2D eigenvalue weighted by atomic mass is 15.0. The van der Waals surface area contributed by atoms with E-state index in [1.54, 1.807) is 0 Å². The van der Waals surface area contributed by atoms with Crippen molar-refractivity contribution in [3.05, 3.63) is 35.5 Å². The molecule has 0 unspecified atom stereocenters. The predicted molar refractivity (Wildman–Crippen MR) is 74.2 cm³/mol. The summed E-state index contributed by atoms with van der Waals surface area (Å²) in [4.78, 5) is 0. The van der Waals surface area contributed by atoms with Gasteiger partial charge in [-0.05, 0) is 39.3 Å².